The number of esters is 2. The van der Waals surface area contributed by atoms with Gasteiger partial charge in [-0.2, -0.15) is 0 Å². The van der Waals surface area contributed by atoms with E-state index < -0.39 is 36.0 Å². The van der Waals surface area contributed by atoms with E-state index in [0.29, 0.717) is 0 Å². The second-order valence-corrected chi connectivity index (χ2v) is 7.95. The van der Waals surface area contributed by atoms with Gasteiger partial charge in [0.2, 0.25) is 12.2 Å². The minimum atomic E-state index is -2.24. The number of amides is 1. The molecule has 1 amide bonds. The van der Waals surface area contributed by atoms with Crippen molar-refractivity contribution in [1.29, 1.82) is 0 Å². The number of carboxylic acids is 1. The lowest BCUT2D eigenvalue weighted by molar-refractivity contribution is -0.157. The van der Waals surface area contributed by atoms with E-state index in [1.54, 1.807) is 30.3 Å². The van der Waals surface area contributed by atoms with Gasteiger partial charge in [0.15, 0.2) is 0 Å². The Bertz CT molecular complexity index is 1300. The lowest BCUT2D eigenvalue weighted by Crippen LogP contribution is -2.48. The van der Waals surface area contributed by atoms with Crippen LogP contribution in [0.5, 0.6) is 5.75 Å². The Morgan fingerprint density at radius 3 is 1.72 bits per heavy atom. The SMILES string of the molecule is COc1ccccc1NC(=O)[C@@H](OC(=O)c1ccccc1Cl)[C@@H](OC(=O)c1ccccc1Cl)C(=O)O. The van der Waals surface area contributed by atoms with Crippen molar-refractivity contribution in [2.24, 2.45) is 0 Å². The van der Waals surface area contributed by atoms with E-state index in [1.807, 2.05) is 0 Å². The number of rotatable bonds is 9. The average Bonchev–Trinajstić information content (AvgIpc) is 2.86. The van der Waals surface area contributed by atoms with Gasteiger partial charge >= 0.3 is 17.9 Å². The molecule has 0 spiro atoms. The van der Waals surface area contributed by atoms with E-state index in [9.17, 15) is 24.3 Å². The van der Waals surface area contributed by atoms with Crippen LogP contribution in [0.4, 0.5) is 5.69 Å². The summed E-state index contributed by atoms with van der Waals surface area (Å²) in [4.78, 5) is 50.9. The molecule has 2 atom stereocenters. The first-order valence-electron chi connectivity index (χ1n) is 10.3. The number of carbonyl (C=O) groups excluding carboxylic acids is 3. The highest BCUT2D eigenvalue weighted by molar-refractivity contribution is 6.34. The molecule has 9 nitrogen and oxygen atoms in total. The van der Waals surface area contributed by atoms with Crippen LogP contribution >= 0.6 is 23.2 Å². The highest BCUT2D eigenvalue weighted by Crippen LogP contribution is 2.25. The zero-order valence-corrected chi connectivity index (χ0v) is 20.2. The third-order valence-corrected chi connectivity index (χ3v) is 5.46. The van der Waals surface area contributed by atoms with Crippen LogP contribution in [-0.2, 0) is 19.1 Å². The van der Waals surface area contributed by atoms with Crippen LogP contribution in [0, 0.1) is 0 Å². The molecular weight excluding hydrogens is 513 g/mol. The van der Waals surface area contributed by atoms with Gasteiger partial charge < -0.3 is 24.6 Å². The van der Waals surface area contributed by atoms with Crippen molar-refractivity contribution in [2.45, 2.75) is 12.2 Å². The maximum atomic E-state index is 13.2. The van der Waals surface area contributed by atoms with Crippen molar-refractivity contribution < 1.29 is 38.5 Å². The number of para-hydroxylation sites is 2. The number of halogens is 2. The van der Waals surface area contributed by atoms with Gasteiger partial charge in [0.05, 0.1) is 34.0 Å². The summed E-state index contributed by atoms with van der Waals surface area (Å²) in [6.07, 6.45) is -4.36. The Kier molecular flexibility index (Phi) is 8.88. The number of anilines is 1. The number of benzene rings is 3. The van der Waals surface area contributed by atoms with E-state index in [4.69, 9.17) is 37.4 Å². The first-order chi connectivity index (χ1) is 17.2. The first-order valence-corrected chi connectivity index (χ1v) is 11.1. The van der Waals surface area contributed by atoms with E-state index >= 15 is 0 Å². The van der Waals surface area contributed by atoms with Crippen LogP contribution in [0.1, 0.15) is 20.7 Å². The second kappa shape index (κ2) is 12.1. The predicted octanol–water partition coefficient (Wildman–Crippen LogP) is 4.48. The molecule has 0 fully saturated rings. The minimum absolute atomic E-state index is 0.00488. The summed E-state index contributed by atoms with van der Waals surface area (Å²) in [6, 6.07) is 17.8. The Morgan fingerprint density at radius 1 is 0.750 bits per heavy atom. The Labute approximate surface area is 215 Å². The van der Waals surface area contributed by atoms with Crippen molar-refractivity contribution in [3.63, 3.8) is 0 Å². The number of aliphatic carboxylic acids is 1. The average molecular weight is 532 g/mol. The molecule has 3 rings (SSSR count). The number of methoxy groups -OCH3 is 1. The van der Waals surface area contributed by atoms with Gasteiger partial charge in [-0.25, -0.2) is 14.4 Å². The maximum Gasteiger partial charge on any atom is 0.349 e. The second-order valence-electron chi connectivity index (χ2n) is 7.14. The van der Waals surface area contributed by atoms with Crippen LogP contribution in [0.2, 0.25) is 10.0 Å². The number of ether oxygens (including phenoxy) is 3. The number of carbonyl (C=O) groups is 4. The van der Waals surface area contributed by atoms with Gasteiger partial charge in [-0.3, -0.25) is 4.79 Å². The van der Waals surface area contributed by atoms with Gasteiger partial charge in [0.25, 0.3) is 5.91 Å². The molecule has 0 bridgehead atoms. The molecule has 186 valence electrons. The largest absolute Gasteiger partial charge is 0.495 e. The molecule has 0 aromatic heterocycles. The van der Waals surface area contributed by atoms with Crippen molar-refractivity contribution >= 4 is 52.7 Å². The fourth-order valence-electron chi connectivity index (χ4n) is 3.06. The van der Waals surface area contributed by atoms with E-state index in [2.05, 4.69) is 5.32 Å². The summed E-state index contributed by atoms with van der Waals surface area (Å²) in [5.74, 6) is -4.85. The van der Waals surface area contributed by atoms with E-state index in [0.717, 1.165) is 0 Å². The zero-order valence-electron chi connectivity index (χ0n) is 18.6. The van der Waals surface area contributed by atoms with Crippen LogP contribution in [0.3, 0.4) is 0 Å². The van der Waals surface area contributed by atoms with Gasteiger partial charge in [-0.1, -0.05) is 59.6 Å². The number of nitrogens with one attached hydrogen (secondary N) is 1. The fraction of sp³-hybridized carbons (Fsp3) is 0.120. The third-order valence-electron chi connectivity index (χ3n) is 4.80. The standard InChI is InChI=1S/C25H19Cl2NO8/c1-34-19-13-7-6-12-18(19)28-22(29)20(35-24(32)14-8-2-4-10-16(14)26)21(23(30)31)36-25(33)15-9-3-5-11-17(15)27/h2-13,20-21H,1H3,(H,28,29)(H,30,31)/t20-,21+/m0/s1. The van der Waals surface area contributed by atoms with Crippen molar-refractivity contribution in [2.75, 3.05) is 12.4 Å². The molecule has 0 saturated carbocycles. The molecule has 11 heteroatoms. The molecule has 0 heterocycles. The highest BCUT2D eigenvalue weighted by atomic mass is 35.5. The van der Waals surface area contributed by atoms with Crippen LogP contribution in [0.25, 0.3) is 0 Å². The Morgan fingerprint density at radius 2 is 1.22 bits per heavy atom. The summed E-state index contributed by atoms with van der Waals surface area (Å²) >= 11 is 12.0. The van der Waals surface area contributed by atoms with Gasteiger partial charge in [-0.05, 0) is 36.4 Å². The lowest BCUT2D eigenvalue weighted by Gasteiger charge is -2.24. The van der Waals surface area contributed by atoms with Crippen molar-refractivity contribution in [1.82, 2.24) is 0 Å². The molecule has 3 aromatic carbocycles. The van der Waals surface area contributed by atoms with Crippen LogP contribution in [-0.4, -0.2) is 48.2 Å². The fourth-order valence-corrected chi connectivity index (χ4v) is 3.48. The Hall–Kier alpha value is -4.08. The molecule has 0 unspecified atom stereocenters. The predicted molar refractivity (Wildman–Crippen MR) is 131 cm³/mol. The van der Waals surface area contributed by atoms with E-state index in [1.165, 1.54) is 49.6 Å². The molecule has 36 heavy (non-hydrogen) atoms. The van der Waals surface area contributed by atoms with Gasteiger partial charge in [-0.15, -0.1) is 0 Å². The molecule has 0 aliphatic rings. The summed E-state index contributed by atoms with van der Waals surface area (Å²) < 4.78 is 15.5. The van der Waals surface area contributed by atoms with Crippen molar-refractivity contribution in [3.05, 3.63) is 94.0 Å². The summed E-state index contributed by atoms with van der Waals surface area (Å²) in [5, 5.41) is 12.3. The third kappa shape index (κ3) is 6.32. The Balaban J connectivity index is 1.97. The number of hydrogen-bond donors (Lipinski definition) is 2. The number of hydrogen-bond acceptors (Lipinski definition) is 7. The first kappa shape index (κ1) is 26.5. The van der Waals surface area contributed by atoms with Gasteiger partial charge in [0, 0.05) is 0 Å². The topological polar surface area (TPSA) is 128 Å². The number of carboxylic acid groups (broad SMARTS) is 1. The minimum Gasteiger partial charge on any atom is -0.495 e. The van der Waals surface area contributed by atoms with Crippen molar-refractivity contribution in [3.8, 4) is 5.75 Å². The molecule has 0 saturated heterocycles. The van der Waals surface area contributed by atoms with E-state index in [-0.39, 0.29) is 32.6 Å². The zero-order chi connectivity index (χ0) is 26.2. The van der Waals surface area contributed by atoms with Crippen LogP contribution in [0.15, 0.2) is 72.8 Å². The van der Waals surface area contributed by atoms with Gasteiger partial charge in [0.1, 0.15) is 5.75 Å². The lowest BCUT2D eigenvalue weighted by atomic mass is 10.1. The smallest absolute Gasteiger partial charge is 0.349 e. The molecule has 3 aromatic rings. The highest BCUT2D eigenvalue weighted by Gasteiger charge is 2.41. The normalized spacial score (nSPS) is 12.1. The van der Waals surface area contributed by atoms with Crippen LogP contribution < -0.4 is 10.1 Å². The molecule has 0 aliphatic carbocycles. The molecule has 2 N–H and O–H groups in total. The molecular formula is C25H19Cl2NO8. The monoisotopic (exact) mass is 531 g/mol. The summed E-state index contributed by atoms with van der Waals surface area (Å²) in [6.45, 7) is 0. The summed E-state index contributed by atoms with van der Waals surface area (Å²) in [7, 11) is 1.37. The maximum absolute atomic E-state index is 13.2. The quantitative estimate of drug-likeness (QED) is 0.387. The molecule has 0 aliphatic heterocycles. The summed E-state index contributed by atoms with van der Waals surface area (Å²) in [5.41, 5.74) is -0.118. The molecule has 0 radical (unpaired) electrons.